The van der Waals surface area contributed by atoms with Gasteiger partial charge in [-0.15, -0.1) is 0 Å². The first-order chi connectivity index (χ1) is 10.0. The first-order valence-corrected chi connectivity index (χ1v) is 6.74. The van der Waals surface area contributed by atoms with Gasteiger partial charge in [-0.25, -0.2) is 0 Å². The van der Waals surface area contributed by atoms with E-state index in [0.717, 1.165) is 5.56 Å². The van der Waals surface area contributed by atoms with Gasteiger partial charge in [0.2, 0.25) is 0 Å². The summed E-state index contributed by atoms with van der Waals surface area (Å²) in [6.45, 7) is 3.92. The highest BCUT2D eigenvalue weighted by Crippen LogP contribution is 2.27. The number of amides is 1. The molecule has 0 saturated carbocycles. The first-order valence-electron chi connectivity index (χ1n) is 6.74. The van der Waals surface area contributed by atoms with Crippen molar-refractivity contribution in [1.82, 2.24) is 0 Å². The van der Waals surface area contributed by atoms with E-state index in [1.165, 1.54) is 7.11 Å². The minimum absolute atomic E-state index is 0.227. The molecule has 0 heterocycles. The summed E-state index contributed by atoms with van der Waals surface area (Å²) in [6.07, 6.45) is 0.560. The third-order valence-electron chi connectivity index (χ3n) is 3.39. The van der Waals surface area contributed by atoms with E-state index in [9.17, 15) is 4.79 Å². The average molecular weight is 290 g/mol. The Kier molecular flexibility index (Phi) is 6.22. The number of ether oxygens (including phenoxy) is 2. The molecule has 1 unspecified atom stereocenters. The Bertz CT molecular complexity index is 554. The molecule has 0 spiro atoms. The second-order valence-electron chi connectivity index (χ2n) is 4.66. The largest absolute Gasteiger partial charge is 0.495 e. The van der Waals surface area contributed by atoms with Crippen LogP contribution in [0.4, 0.5) is 5.69 Å². The van der Waals surface area contributed by atoms with Crippen LogP contribution in [0.3, 0.4) is 0 Å². The molecule has 114 valence electrons. The number of anilines is 1. The number of rotatable bonds is 5. The monoisotopic (exact) mass is 290 g/mol. The summed E-state index contributed by atoms with van der Waals surface area (Å²) in [7, 11) is 3.06. The van der Waals surface area contributed by atoms with Crippen LogP contribution in [0, 0.1) is 11.8 Å². The van der Waals surface area contributed by atoms with Gasteiger partial charge in [-0.2, -0.15) is 0 Å². The van der Waals surface area contributed by atoms with Crippen LogP contribution in [0.2, 0.25) is 0 Å². The second kappa shape index (κ2) is 7.67. The van der Waals surface area contributed by atoms with E-state index >= 15 is 0 Å². The van der Waals surface area contributed by atoms with Gasteiger partial charge in [0, 0.05) is 12.7 Å². The molecule has 0 aliphatic carbocycles. The number of nitrogens with one attached hydrogen (secondary N) is 1. The molecule has 0 aromatic heterocycles. The smallest absolute Gasteiger partial charge is 0.256 e. The number of carbonyl (C=O) groups is 1. The van der Waals surface area contributed by atoms with Crippen molar-refractivity contribution in [3.63, 3.8) is 0 Å². The lowest BCUT2D eigenvalue weighted by atomic mass is 10.0. The zero-order chi connectivity index (χ0) is 15.9. The fourth-order valence-corrected chi connectivity index (χ4v) is 1.69. The Morgan fingerprint density at radius 3 is 2.67 bits per heavy atom. The molecule has 1 aromatic rings. The Labute approximate surface area is 125 Å². The summed E-state index contributed by atoms with van der Waals surface area (Å²) in [5.74, 6) is 6.04. The third kappa shape index (κ3) is 4.22. The normalized spacial score (nSPS) is 12.8. The number of hydrogen-bond donors (Lipinski definition) is 2. The second-order valence-corrected chi connectivity index (χ2v) is 4.66. The predicted octanol–water partition coefficient (Wildman–Crippen LogP) is 1.76. The van der Waals surface area contributed by atoms with E-state index in [4.69, 9.17) is 15.2 Å². The number of benzene rings is 1. The van der Waals surface area contributed by atoms with Crippen molar-refractivity contribution in [1.29, 1.82) is 0 Å². The zero-order valence-corrected chi connectivity index (χ0v) is 12.9. The van der Waals surface area contributed by atoms with Crippen molar-refractivity contribution in [2.75, 3.05) is 26.1 Å². The van der Waals surface area contributed by atoms with Gasteiger partial charge in [0.05, 0.1) is 19.3 Å². The van der Waals surface area contributed by atoms with Crippen molar-refractivity contribution < 1.29 is 14.3 Å². The first kappa shape index (κ1) is 17.0. The summed E-state index contributed by atoms with van der Waals surface area (Å²) in [5, 5.41) is 2.83. The Balaban J connectivity index is 3.08. The molecule has 1 atom stereocenters. The molecule has 0 radical (unpaired) electrons. The van der Waals surface area contributed by atoms with Gasteiger partial charge in [0.25, 0.3) is 5.91 Å². The molecule has 1 rings (SSSR count). The van der Waals surface area contributed by atoms with Gasteiger partial charge in [-0.05, 0) is 31.5 Å². The maximum atomic E-state index is 12.3. The van der Waals surface area contributed by atoms with Crippen LogP contribution < -0.4 is 15.8 Å². The molecule has 21 heavy (non-hydrogen) atoms. The van der Waals surface area contributed by atoms with Gasteiger partial charge in [-0.3, -0.25) is 4.79 Å². The zero-order valence-electron chi connectivity index (χ0n) is 12.9. The maximum Gasteiger partial charge on any atom is 0.256 e. The molecule has 3 N–H and O–H groups in total. The van der Waals surface area contributed by atoms with Crippen LogP contribution in [-0.2, 0) is 9.53 Å². The summed E-state index contributed by atoms with van der Waals surface area (Å²) in [5.41, 5.74) is 5.79. The molecule has 0 aliphatic rings. The fraction of sp³-hybridized carbons (Fsp3) is 0.438. The Hall–Kier alpha value is -2.03. The lowest BCUT2D eigenvalue weighted by Gasteiger charge is -2.25. The lowest BCUT2D eigenvalue weighted by Crippen LogP contribution is -2.41. The molecule has 0 fully saturated rings. The minimum Gasteiger partial charge on any atom is -0.495 e. The van der Waals surface area contributed by atoms with Crippen LogP contribution in [-0.4, -0.2) is 32.3 Å². The van der Waals surface area contributed by atoms with Crippen LogP contribution in [0.1, 0.15) is 25.8 Å². The standard InChI is InChI=1S/C16H22N2O3/c1-5-16(2,21-4)15(19)18-13-11-12(7-6-10-17)8-9-14(13)20-3/h8-9,11H,5,10,17H2,1-4H3,(H,18,19). The highest BCUT2D eigenvalue weighted by Gasteiger charge is 2.31. The molecular formula is C16H22N2O3. The fourth-order valence-electron chi connectivity index (χ4n) is 1.69. The highest BCUT2D eigenvalue weighted by molar-refractivity contribution is 5.98. The molecule has 5 heteroatoms. The summed E-state index contributed by atoms with van der Waals surface area (Å²) < 4.78 is 10.5. The van der Waals surface area contributed by atoms with E-state index < -0.39 is 5.60 Å². The summed E-state index contributed by atoms with van der Waals surface area (Å²) in [6, 6.07) is 5.32. The number of methoxy groups -OCH3 is 2. The summed E-state index contributed by atoms with van der Waals surface area (Å²) in [4.78, 5) is 12.3. The summed E-state index contributed by atoms with van der Waals surface area (Å²) >= 11 is 0. The van der Waals surface area contributed by atoms with Crippen LogP contribution >= 0.6 is 0 Å². The number of hydrogen-bond acceptors (Lipinski definition) is 4. The molecule has 1 aromatic carbocycles. The van der Waals surface area contributed by atoms with Gasteiger partial charge in [-0.1, -0.05) is 18.8 Å². The van der Waals surface area contributed by atoms with E-state index in [2.05, 4.69) is 17.2 Å². The van der Waals surface area contributed by atoms with E-state index in [1.807, 2.05) is 13.0 Å². The van der Waals surface area contributed by atoms with Crippen molar-refractivity contribution in [3.8, 4) is 17.6 Å². The molecule has 5 nitrogen and oxygen atoms in total. The van der Waals surface area contributed by atoms with Crippen LogP contribution in [0.5, 0.6) is 5.75 Å². The van der Waals surface area contributed by atoms with Gasteiger partial charge in [0.15, 0.2) is 0 Å². The van der Waals surface area contributed by atoms with E-state index in [0.29, 0.717) is 17.9 Å². The number of carbonyl (C=O) groups excluding carboxylic acids is 1. The van der Waals surface area contributed by atoms with Gasteiger partial charge >= 0.3 is 0 Å². The SMILES string of the molecule is CCC(C)(OC)C(=O)Nc1cc(C#CCN)ccc1OC. The van der Waals surface area contributed by atoms with E-state index in [1.54, 1.807) is 26.2 Å². The van der Waals surface area contributed by atoms with Crippen LogP contribution in [0.25, 0.3) is 0 Å². The average Bonchev–Trinajstić information content (AvgIpc) is 2.52. The molecule has 0 bridgehead atoms. The molecule has 0 saturated heterocycles. The Morgan fingerprint density at radius 1 is 1.43 bits per heavy atom. The molecule has 1 amide bonds. The molecular weight excluding hydrogens is 268 g/mol. The maximum absolute atomic E-state index is 12.3. The molecule has 0 aliphatic heterocycles. The highest BCUT2D eigenvalue weighted by atomic mass is 16.5. The van der Waals surface area contributed by atoms with Crippen molar-refractivity contribution in [2.45, 2.75) is 25.9 Å². The minimum atomic E-state index is -0.885. The van der Waals surface area contributed by atoms with Crippen LogP contribution in [0.15, 0.2) is 18.2 Å². The predicted molar refractivity (Wildman–Crippen MR) is 83.3 cm³/mol. The number of nitrogens with two attached hydrogens (primary N) is 1. The van der Waals surface area contributed by atoms with Crippen molar-refractivity contribution >= 4 is 11.6 Å². The van der Waals surface area contributed by atoms with E-state index in [-0.39, 0.29) is 12.5 Å². The topological polar surface area (TPSA) is 73.6 Å². The van der Waals surface area contributed by atoms with Gasteiger partial charge < -0.3 is 20.5 Å². The third-order valence-corrected chi connectivity index (χ3v) is 3.39. The van der Waals surface area contributed by atoms with Gasteiger partial charge in [0.1, 0.15) is 11.4 Å². The Morgan fingerprint density at radius 2 is 2.14 bits per heavy atom. The lowest BCUT2D eigenvalue weighted by molar-refractivity contribution is -0.136. The van der Waals surface area contributed by atoms with Crippen molar-refractivity contribution in [3.05, 3.63) is 23.8 Å². The van der Waals surface area contributed by atoms with Crippen molar-refractivity contribution in [2.24, 2.45) is 5.73 Å². The quantitative estimate of drug-likeness (QED) is 0.810.